The fourth-order valence-corrected chi connectivity index (χ4v) is 2.67. The van der Waals surface area contributed by atoms with Crippen LogP contribution >= 0.6 is 15.9 Å². The number of halogens is 1. The van der Waals surface area contributed by atoms with Crippen LogP contribution in [0.2, 0.25) is 0 Å². The molecule has 2 aromatic rings. The van der Waals surface area contributed by atoms with Crippen molar-refractivity contribution in [2.24, 2.45) is 0 Å². The maximum atomic E-state index is 11.1. The molecular formula is C15H15BrN2O3. The van der Waals surface area contributed by atoms with Crippen LogP contribution in [0.3, 0.4) is 0 Å². The highest BCUT2D eigenvalue weighted by atomic mass is 79.9. The molecule has 0 unspecified atom stereocenters. The average molecular weight is 351 g/mol. The molecule has 0 radical (unpaired) electrons. The summed E-state index contributed by atoms with van der Waals surface area (Å²) in [4.78, 5) is 15.0. The minimum Gasteiger partial charge on any atom is -0.486 e. The van der Waals surface area contributed by atoms with Gasteiger partial charge in [-0.3, -0.25) is 15.1 Å². The Kier molecular flexibility index (Phi) is 4.57. The van der Waals surface area contributed by atoms with E-state index in [2.05, 4.69) is 20.9 Å². The monoisotopic (exact) mass is 350 g/mol. The third kappa shape index (κ3) is 3.39. The summed E-state index contributed by atoms with van der Waals surface area (Å²) in [6, 6.07) is 5.75. The first kappa shape index (κ1) is 15.4. The highest BCUT2D eigenvalue weighted by molar-refractivity contribution is 9.10. The Morgan fingerprint density at radius 3 is 2.67 bits per heavy atom. The number of rotatable bonds is 4. The van der Waals surface area contributed by atoms with Gasteiger partial charge in [0.25, 0.3) is 5.69 Å². The molecule has 0 atom stereocenters. The topological polar surface area (TPSA) is 65.3 Å². The van der Waals surface area contributed by atoms with Crippen LogP contribution in [0.15, 0.2) is 28.9 Å². The Bertz CT molecular complexity index is 702. The lowest BCUT2D eigenvalue weighted by Gasteiger charge is -2.11. The first-order chi connectivity index (χ1) is 9.90. The molecule has 0 saturated carbocycles. The van der Waals surface area contributed by atoms with Gasteiger partial charge in [-0.25, -0.2) is 0 Å². The van der Waals surface area contributed by atoms with E-state index >= 15 is 0 Å². The van der Waals surface area contributed by atoms with E-state index in [1.54, 1.807) is 13.8 Å². The molecule has 1 heterocycles. The van der Waals surface area contributed by atoms with E-state index in [-0.39, 0.29) is 17.2 Å². The van der Waals surface area contributed by atoms with Crippen molar-refractivity contribution in [3.05, 3.63) is 61.4 Å². The van der Waals surface area contributed by atoms with Crippen LogP contribution in [0, 0.1) is 30.9 Å². The first-order valence-corrected chi connectivity index (χ1v) is 7.18. The van der Waals surface area contributed by atoms with Gasteiger partial charge in [0.15, 0.2) is 0 Å². The zero-order valence-corrected chi connectivity index (χ0v) is 13.6. The van der Waals surface area contributed by atoms with Crippen molar-refractivity contribution in [1.29, 1.82) is 0 Å². The summed E-state index contributed by atoms with van der Waals surface area (Å²) >= 11 is 3.43. The van der Waals surface area contributed by atoms with Gasteiger partial charge >= 0.3 is 0 Å². The number of hydrogen-bond acceptors (Lipinski definition) is 4. The van der Waals surface area contributed by atoms with Gasteiger partial charge in [-0.1, -0.05) is 6.07 Å². The SMILES string of the molecule is Cc1ccc(OCc2ncc(C)c([N+](=O)[O-])c2C)c(Br)c1. The van der Waals surface area contributed by atoms with Gasteiger partial charge in [0.05, 0.1) is 20.7 Å². The Balaban J connectivity index is 2.24. The summed E-state index contributed by atoms with van der Waals surface area (Å²) < 4.78 is 6.55. The normalized spacial score (nSPS) is 10.5. The van der Waals surface area contributed by atoms with E-state index in [1.807, 2.05) is 25.1 Å². The Labute approximate surface area is 131 Å². The van der Waals surface area contributed by atoms with Crippen molar-refractivity contribution in [2.45, 2.75) is 27.4 Å². The fraction of sp³-hybridized carbons (Fsp3) is 0.267. The van der Waals surface area contributed by atoms with Gasteiger partial charge in [-0.15, -0.1) is 0 Å². The lowest BCUT2D eigenvalue weighted by molar-refractivity contribution is -0.386. The Morgan fingerprint density at radius 1 is 1.33 bits per heavy atom. The molecule has 0 aliphatic rings. The molecule has 0 bridgehead atoms. The summed E-state index contributed by atoms with van der Waals surface area (Å²) in [7, 11) is 0. The predicted octanol–water partition coefficient (Wildman–Crippen LogP) is 4.26. The number of benzene rings is 1. The lowest BCUT2D eigenvalue weighted by Crippen LogP contribution is -2.05. The van der Waals surface area contributed by atoms with Gasteiger partial charge in [0.1, 0.15) is 12.4 Å². The van der Waals surface area contributed by atoms with Crippen LogP contribution in [0.4, 0.5) is 5.69 Å². The molecule has 0 fully saturated rings. The lowest BCUT2D eigenvalue weighted by atomic mass is 10.1. The van der Waals surface area contributed by atoms with Crippen LogP contribution in [-0.4, -0.2) is 9.91 Å². The van der Waals surface area contributed by atoms with E-state index in [0.29, 0.717) is 22.6 Å². The van der Waals surface area contributed by atoms with Crippen LogP contribution in [0.5, 0.6) is 5.75 Å². The third-order valence-corrected chi connectivity index (χ3v) is 3.83. The number of nitro groups is 1. The molecule has 0 amide bonds. The third-order valence-electron chi connectivity index (χ3n) is 3.21. The number of aryl methyl sites for hydroxylation is 2. The molecule has 2 rings (SSSR count). The Hall–Kier alpha value is -1.95. The van der Waals surface area contributed by atoms with Crippen LogP contribution in [0.1, 0.15) is 22.4 Å². The molecule has 0 aliphatic heterocycles. The molecule has 21 heavy (non-hydrogen) atoms. The van der Waals surface area contributed by atoms with E-state index in [1.165, 1.54) is 6.20 Å². The highest BCUT2D eigenvalue weighted by Gasteiger charge is 2.19. The van der Waals surface area contributed by atoms with Crippen molar-refractivity contribution in [2.75, 3.05) is 0 Å². The molecular weight excluding hydrogens is 336 g/mol. The van der Waals surface area contributed by atoms with Crippen LogP contribution in [-0.2, 0) is 6.61 Å². The fourth-order valence-electron chi connectivity index (χ4n) is 2.06. The maximum Gasteiger partial charge on any atom is 0.278 e. The number of hydrogen-bond donors (Lipinski definition) is 0. The maximum absolute atomic E-state index is 11.1. The Morgan fingerprint density at radius 2 is 2.05 bits per heavy atom. The second kappa shape index (κ2) is 6.22. The summed E-state index contributed by atoms with van der Waals surface area (Å²) in [6.07, 6.45) is 1.51. The highest BCUT2D eigenvalue weighted by Crippen LogP contribution is 2.28. The summed E-state index contributed by atoms with van der Waals surface area (Å²) in [5, 5.41) is 11.1. The molecule has 0 spiro atoms. The van der Waals surface area contributed by atoms with E-state index < -0.39 is 0 Å². The van der Waals surface area contributed by atoms with Crippen molar-refractivity contribution in [3.8, 4) is 5.75 Å². The zero-order chi connectivity index (χ0) is 15.6. The molecule has 0 aliphatic carbocycles. The minimum absolute atomic E-state index is 0.103. The number of nitrogens with zero attached hydrogens (tertiary/aromatic N) is 2. The molecule has 0 N–H and O–H groups in total. The summed E-state index contributed by atoms with van der Waals surface area (Å²) in [5.74, 6) is 0.685. The van der Waals surface area contributed by atoms with Crippen molar-refractivity contribution in [3.63, 3.8) is 0 Å². The van der Waals surface area contributed by atoms with Gasteiger partial charge in [-0.2, -0.15) is 0 Å². The largest absolute Gasteiger partial charge is 0.486 e. The molecule has 5 nitrogen and oxygen atoms in total. The predicted molar refractivity (Wildman–Crippen MR) is 83.6 cm³/mol. The average Bonchev–Trinajstić information content (AvgIpc) is 2.39. The van der Waals surface area contributed by atoms with Crippen molar-refractivity contribution >= 4 is 21.6 Å². The summed E-state index contributed by atoms with van der Waals surface area (Å²) in [5.41, 5.74) is 2.89. The van der Waals surface area contributed by atoms with Gasteiger partial charge < -0.3 is 4.74 Å². The molecule has 1 aromatic heterocycles. The second-order valence-electron chi connectivity index (χ2n) is 4.84. The zero-order valence-electron chi connectivity index (χ0n) is 12.0. The minimum atomic E-state index is -0.377. The standard InChI is InChI=1S/C15H15BrN2O3/c1-9-4-5-14(12(16)6-9)21-8-13-11(3)15(18(19)20)10(2)7-17-13/h4-7H,8H2,1-3H3. The molecule has 110 valence electrons. The quantitative estimate of drug-likeness (QED) is 0.610. The molecule has 0 saturated heterocycles. The van der Waals surface area contributed by atoms with E-state index in [4.69, 9.17) is 4.74 Å². The number of aromatic nitrogens is 1. The van der Waals surface area contributed by atoms with Crippen LogP contribution < -0.4 is 4.74 Å². The van der Waals surface area contributed by atoms with E-state index in [9.17, 15) is 10.1 Å². The molecule has 6 heteroatoms. The van der Waals surface area contributed by atoms with Crippen molar-refractivity contribution in [1.82, 2.24) is 4.98 Å². The first-order valence-electron chi connectivity index (χ1n) is 6.38. The summed E-state index contributed by atoms with van der Waals surface area (Å²) in [6.45, 7) is 5.55. The smallest absolute Gasteiger partial charge is 0.278 e. The van der Waals surface area contributed by atoms with Gasteiger partial charge in [-0.05, 0) is 54.4 Å². The van der Waals surface area contributed by atoms with Crippen molar-refractivity contribution < 1.29 is 9.66 Å². The number of ether oxygens (including phenoxy) is 1. The van der Waals surface area contributed by atoms with Crippen LogP contribution in [0.25, 0.3) is 0 Å². The van der Waals surface area contributed by atoms with Gasteiger partial charge in [0, 0.05) is 11.8 Å². The van der Waals surface area contributed by atoms with Gasteiger partial charge in [0.2, 0.25) is 0 Å². The number of pyridine rings is 1. The van der Waals surface area contributed by atoms with E-state index in [0.717, 1.165) is 10.0 Å². The molecule has 1 aromatic carbocycles. The second-order valence-corrected chi connectivity index (χ2v) is 5.70.